The van der Waals surface area contributed by atoms with Crippen LogP contribution in [0.25, 0.3) is 0 Å². The van der Waals surface area contributed by atoms with Crippen LogP contribution in [0.5, 0.6) is 0 Å². The molecule has 80 valence electrons. The number of cyclic esters (lactones) is 1. The molecule has 2 rings (SSSR count). The van der Waals surface area contributed by atoms with Crippen LogP contribution >= 0.6 is 0 Å². The van der Waals surface area contributed by atoms with Gasteiger partial charge in [0.2, 0.25) is 0 Å². The molecule has 1 aromatic rings. The van der Waals surface area contributed by atoms with Crippen LogP contribution in [0.3, 0.4) is 0 Å². The largest absolute Gasteiger partial charge is 0.446 e. The maximum absolute atomic E-state index is 10.7. The zero-order valence-electron chi connectivity index (χ0n) is 8.41. The Kier molecular flexibility index (Phi) is 2.73. The molecule has 1 saturated heterocycles. The summed E-state index contributed by atoms with van der Waals surface area (Å²) in [5.41, 5.74) is 8.08. The van der Waals surface area contributed by atoms with Gasteiger partial charge in [-0.05, 0) is 19.1 Å². The molecule has 15 heavy (non-hydrogen) atoms. The Morgan fingerprint density at radius 3 is 2.73 bits per heavy atom. The van der Waals surface area contributed by atoms with E-state index in [0.29, 0.717) is 6.61 Å². The number of alkyl carbamates (subject to hydrolysis) is 1. The third-order valence-corrected chi connectivity index (χ3v) is 2.12. The second-order valence-electron chi connectivity index (χ2n) is 3.43. The molecule has 0 radical (unpaired) electrons. The van der Waals surface area contributed by atoms with Crippen LogP contribution in [-0.4, -0.2) is 18.9 Å². The van der Waals surface area contributed by atoms with E-state index >= 15 is 0 Å². The van der Waals surface area contributed by atoms with Crippen LogP contribution in [0, 0.1) is 6.92 Å². The van der Waals surface area contributed by atoms with Crippen LogP contribution in [0.1, 0.15) is 5.56 Å². The van der Waals surface area contributed by atoms with Crippen LogP contribution < -0.4 is 16.2 Å². The molecular formula is C10H13N3O2. The summed E-state index contributed by atoms with van der Waals surface area (Å²) in [6, 6.07) is 7.93. The van der Waals surface area contributed by atoms with E-state index in [1.807, 2.05) is 31.2 Å². The Balaban J connectivity index is 1.83. The molecule has 1 amide bonds. The second-order valence-corrected chi connectivity index (χ2v) is 3.43. The normalized spacial score (nSPS) is 19.5. The van der Waals surface area contributed by atoms with Crippen molar-refractivity contribution < 1.29 is 9.53 Å². The number of carbonyl (C=O) groups is 1. The third-order valence-electron chi connectivity index (χ3n) is 2.12. The zero-order chi connectivity index (χ0) is 10.7. The molecule has 1 fully saturated rings. The highest BCUT2D eigenvalue weighted by Gasteiger charge is 2.20. The maximum atomic E-state index is 10.7. The van der Waals surface area contributed by atoms with Crippen molar-refractivity contribution >= 4 is 11.8 Å². The van der Waals surface area contributed by atoms with E-state index in [1.165, 1.54) is 5.56 Å². The highest BCUT2D eigenvalue weighted by molar-refractivity contribution is 5.69. The Labute approximate surface area is 87.8 Å². The summed E-state index contributed by atoms with van der Waals surface area (Å²) < 4.78 is 4.72. The van der Waals surface area contributed by atoms with E-state index in [4.69, 9.17) is 4.74 Å². The fourth-order valence-corrected chi connectivity index (χ4v) is 1.27. The van der Waals surface area contributed by atoms with Gasteiger partial charge in [-0.1, -0.05) is 17.7 Å². The van der Waals surface area contributed by atoms with Crippen molar-refractivity contribution in [3.05, 3.63) is 29.8 Å². The molecule has 0 saturated carbocycles. The summed E-state index contributed by atoms with van der Waals surface area (Å²) >= 11 is 0. The summed E-state index contributed by atoms with van der Waals surface area (Å²) in [6.07, 6.45) is -0.572. The van der Waals surface area contributed by atoms with E-state index < -0.39 is 6.09 Å². The number of anilines is 1. The first-order valence-corrected chi connectivity index (χ1v) is 4.75. The van der Waals surface area contributed by atoms with Crippen molar-refractivity contribution in [1.29, 1.82) is 0 Å². The van der Waals surface area contributed by atoms with E-state index in [2.05, 4.69) is 16.2 Å². The molecule has 0 aliphatic carbocycles. The topological polar surface area (TPSA) is 62.4 Å². The number of benzene rings is 1. The van der Waals surface area contributed by atoms with Gasteiger partial charge in [0, 0.05) is 5.69 Å². The lowest BCUT2D eigenvalue weighted by Crippen LogP contribution is -2.43. The van der Waals surface area contributed by atoms with Crippen molar-refractivity contribution in [2.24, 2.45) is 0 Å². The highest BCUT2D eigenvalue weighted by Crippen LogP contribution is 2.07. The number of amides is 1. The van der Waals surface area contributed by atoms with Crippen molar-refractivity contribution in [3.8, 4) is 0 Å². The monoisotopic (exact) mass is 207 g/mol. The van der Waals surface area contributed by atoms with Gasteiger partial charge in [0.05, 0.1) is 0 Å². The van der Waals surface area contributed by atoms with Gasteiger partial charge >= 0.3 is 6.09 Å². The first kappa shape index (κ1) is 9.79. The average molecular weight is 207 g/mol. The molecule has 0 aromatic heterocycles. The molecule has 1 aliphatic rings. The summed E-state index contributed by atoms with van der Waals surface area (Å²) in [7, 11) is 0. The molecule has 1 aliphatic heterocycles. The van der Waals surface area contributed by atoms with Crippen LogP contribution in [-0.2, 0) is 4.74 Å². The molecule has 1 unspecified atom stereocenters. The predicted octanol–water partition coefficient (Wildman–Crippen LogP) is 0.977. The minimum absolute atomic E-state index is 0.182. The summed E-state index contributed by atoms with van der Waals surface area (Å²) in [4.78, 5) is 10.7. The molecule has 5 heteroatoms. The number of rotatable bonds is 3. The van der Waals surface area contributed by atoms with E-state index in [9.17, 15) is 4.79 Å². The van der Waals surface area contributed by atoms with Gasteiger partial charge < -0.3 is 15.5 Å². The SMILES string of the molecule is Cc1ccc(NNC2COC(=O)N2)cc1. The predicted molar refractivity (Wildman–Crippen MR) is 56.2 cm³/mol. The van der Waals surface area contributed by atoms with Gasteiger partial charge in [-0.2, -0.15) is 0 Å². The molecule has 1 heterocycles. The number of ether oxygens (including phenoxy) is 1. The fourth-order valence-electron chi connectivity index (χ4n) is 1.27. The van der Waals surface area contributed by atoms with Gasteiger partial charge in [0.15, 0.2) is 0 Å². The average Bonchev–Trinajstić information content (AvgIpc) is 2.64. The van der Waals surface area contributed by atoms with Crippen molar-refractivity contribution in [3.63, 3.8) is 0 Å². The standard InChI is InChI=1S/C10H13N3O2/c1-7-2-4-8(5-3-7)12-13-9-6-15-10(14)11-9/h2-5,9,12-13H,6H2,1H3,(H,11,14). The number of hydrogen-bond acceptors (Lipinski definition) is 4. The Bertz CT molecular complexity index is 350. The number of nitrogens with one attached hydrogen (secondary N) is 3. The quantitative estimate of drug-likeness (QED) is 0.646. The first-order chi connectivity index (χ1) is 7.24. The molecule has 1 atom stereocenters. The number of hydrogen-bond donors (Lipinski definition) is 3. The van der Waals surface area contributed by atoms with E-state index in [-0.39, 0.29) is 6.17 Å². The molecule has 0 spiro atoms. The van der Waals surface area contributed by atoms with Crippen molar-refractivity contribution in [2.75, 3.05) is 12.0 Å². The first-order valence-electron chi connectivity index (χ1n) is 4.75. The lowest BCUT2D eigenvalue weighted by atomic mass is 10.2. The minimum atomic E-state index is -0.391. The molecule has 1 aromatic carbocycles. The van der Waals surface area contributed by atoms with Gasteiger partial charge in [-0.15, -0.1) is 0 Å². The summed E-state index contributed by atoms with van der Waals surface area (Å²) in [5, 5.41) is 2.60. The van der Waals surface area contributed by atoms with Gasteiger partial charge in [0.1, 0.15) is 12.8 Å². The number of hydrazine groups is 1. The third kappa shape index (κ3) is 2.60. The lowest BCUT2D eigenvalue weighted by Gasteiger charge is -2.12. The van der Waals surface area contributed by atoms with Crippen molar-refractivity contribution in [2.45, 2.75) is 13.1 Å². The maximum Gasteiger partial charge on any atom is 0.408 e. The van der Waals surface area contributed by atoms with Crippen LogP contribution in [0.15, 0.2) is 24.3 Å². The van der Waals surface area contributed by atoms with Crippen LogP contribution in [0.2, 0.25) is 0 Å². The smallest absolute Gasteiger partial charge is 0.408 e. The Morgan fingerprint density at radius 2 is 2.13 bits per heavy atom. The van der Waals surface area contributed by atoms with Gasteiger partial charge in [-0.3, -0.25) is 0 Å². The number of aryl methyl sites for hydroxylation is 1. The number of carbonyl (C=O) groups excluding carboxylic acids is 1. The minimum Gasteiger partial charge on any atom is -0.446 e. The Morgan fingerprint density at radius 1 is 1.40 bits per heavy atom. The highest BCUT2D eigenvalue weighted by atomic mass is 16.6. The second kappa shape index (κ2) is 4.18. The van der Waals surface area contributed by atoms with Crippen LogP contribution in [0.4, 0.5) is 10.5 Å². The Hall–Kier alpha value is -1.75. The molecule has 0 bridgehead atoms. The van der Waals surface area contributed by atoms with Gasteiger partial charge in [-0.25, -0.2) is 10.2 Å². The molecule has 5 nitrogen and oxygen atoms in total. The summed E-state index contributed by atoms with van der Waals surface area (Å²) in [6.45, 7) is 2.36. The zero-order valence-corrected chi connectivity index (χ0v) is 8.41. The van der Waals surface area contributed by atoms with Crippen molar-refractivity contribution in [1.82, 2.24) is 10.7 Å². The van der Waals surface area contributed by atoms with E-state index in [1.54, 1.807) is 0 Å². The van der Waals surface area contributed by atoms with E-state index in [0.717, 1.165) is 5.69 Å². The molecule has 3 N–H and O–H groups in total. The van der Waals surface area contributed by atoms with Gasteiger partial charge in [0.25, 0.3) is 0 Å². The summed E-state index contributed by atoms with van der Waals surface area (Å²) in [5.74, 6) is 0. The fraction of sp³-hybridized carbons (Fsp3) is 0.300. The molecular weight excluding hydrogens is 194 g/mol. The lowest BCUT2D eigenvalue weighted by molar-refractivity contribution is 0.176.